The van der Waals surface area contributed by atoms with E-state index in [4.69, 9.17) is 0 Å². The van der Waals surface area contributed by atoms with Gasteiger partial charge in [0.15, 0.2) is 11.6 Å². The first-order valence-corrected chi connectivity index (χ1v) is 7.87. The Labute approximate surface area is 141 Å². The zero-order chi connectivity index (χ0) is 17.1. The number of hydrogen-bond acceptors (Lipinski definition) is 2. The Balaban J connectivity index is 2.04. The topological polar surface area (TPSA) is 34.1 Å². The van der Waals surface area contributed by atoms with Crippen molar-refractivity contribution in [1.82, 2.24) is 0 Å². The zero-order valence-corrected chi connectivity index (χ0v) is 13.7. The molecule has 0 amide bonds. The van der Waals surface area contributed by atoms with Crippen LogP contribution in [0.4, 0.5) is 0 Å². The zero-order valence-electron chi connectivity index (χ0n) is 13.7. The molecule has 0 fully saturated rings. The molecule has 0 aromatic heterocycles. The van der Waals surface area contributed by atoms with E-state index < -0.39 is 0 Å². The minimum atomic E-state index is 0.0576. The maximum absolute atomic E-state index is 11.6. The molecule has 0 aliphatic rings. The molecule has 2 heteroatoms. The summed E-state index contributed by atoms with van der Waals surface area (Å²) < 4.78 is 0. The van der Waals surface area contributed by atoms with Crippen molar-refractivity contribution in [2.24, 2.45) is 0 Å². The Bertz CT molecular complexity index is 850. The van der Waals surface area contributed by atoms with E-state index in [0.29, 0.717) is 11.1 Å². The average Bonchev–Trinajstić information content (AvgIpc) is 2.62. The molecule has 2 nitrogen and oxygen atoms in total. The smallest absolute Gasteiger partial charge is 0.159 e. The van der Waals surface area contributed by atoms with Gasteiger partial charge in [0.25, 0.3) is 0 Å². The van der Waals surface area contributed by atoms with Gasteiger partial charge in [-0.3, -0.25) is 9.59 Å². The quantitative estimate of drug-likeness (QED) is 0.602. The molecule has 3 aromatic carbocycles. The number of ketones is 2. The number of rotatable bonds is 4. The lowest BCUT2D eigenvalue weighted by Gasteiger charge is -2.08. The van der Waals surface area contributed by atoms with Crippen LogP contribution in [-0.2, 0) is 0 Å². The van der Waals surface area contributed by atoms with Gasteiger partial charge in [0, 0.05) is 11.1 Å². The van der Waals surface area contributed by atoms with E-state index in [0.717, 1.165) is 22.3 Å². The summed E-state index contributed by atoms with van der Waals surface area (Å²) in [6.45, 7) is 3.14. The summed E-state index contributed by atoms with van der Waals surface area (Å²) in [7, 11) is 0. The average molecular weight is 314 g/mol. The van der Waals surface area contributed by atoms with Crippen molar-refractivity contribution in [2.75, 3.05) is 0 Å². The van der Waals surface area contributed by atoms with Crippen LogP contribution in [0.5, 0.6) is 0 Å². The largest absolute Gasteiger partial charge is 0.295 e. The van der Waals surface area contributed by atoms with Gasteiger partial charge < -0.3 is 0 Å². The van der Waals surface area contributed by atoms with E-state index in [1.165, 1.54) is 0 Å². The Morgan fingerprint density at radius 3 is 1.25 bits per heavy atom. The SMILES string of the molecule is CC(=O)c1cccc(-c2cccc(-c3cccc(C(C)=O)c3)c2)c1. The second-order valence-electron chi connectivity index (χ2n) is 5.85. The van der Waals surface area contributed by atoms with Gasteiger partial charge in [0.1, 0.15) is 0 Å². The predicted molar refractivity (Wildman–Crippen MR) is 97.3 cm³/mol. The second-order valence-corrected chi connectivity index (χ2v) is 5.85. The van der Waals surface area contributed by atoms with E-state index in [1.54, 1.807) is 13.8 Å². The Hall–Kier alpha value is -3.00. The normalized spacial score (nSPS) is 10.4. The minimum Gasteiger partial charge on any atom is -0.295 e. The van der Waals surface area contributed by atoms with E-state index in [-0.39, 0.29) is 11.6 Å². The highest BCUT2D eigenvalue weighted by Crippen LogP contribution is 2.27. The molecule has 0 atom stereocenters. The lowest BCUT2D eigenvalue weighted by molar-refractivity contribution is 0.100. The molecular formula is C22H18O2. The summed E-state index contributed by atoms with van der Waals surface area (Å²) in [5.41, 5.74) is 5.51. The highest BCUT2D eigenvalue weighted by molar-refractivity contribution is 5.96. The van der Waals surface area contributed by atoms with Crippen molar-refractivity contribution in [2.45, 2.75) is 13.8 Å². The maximum atomic E-state index is 11.6. The highest BCUT2D eigenvalue weighted by Gasteiger charge is 2.06. The van der Waals surface area contributed by atoms with Crippen LogP contribution in [0.2, 0.25) is 0 Å². The molecule has 0 radical (unpaired) electrons. The summed E-state index contributed by atoms with van der Waals surface area (Å²) in [6.07, 6.45) is 0. The lowest BCUT2D eigenvalue weighted by Crippen LogP contribution is -1.93. The van der Waals surface area contributed by atoms with Crippen LogP contribution in [0.1, 0.15) is 34.6 Å². The molecular weight excluding hydrogens is 296 g/mol. The summed E-state index contributed by atoms with van der Waals surface area (Å²) in [5.74, 6) is 0.115. The molecule has 0 spiro atoms. The molecule has 0 unspecified atom stereocenters. The minimum absolute atomic E-state index is 0.0576. The number of Topliss-reactive ketones (excluding diaryl/α,β-unsaturated/α-hetero) is 2. The van der Waals surface area contributed by atoms with Gasteiger partial charge in [-0.05, 0) is 54.3 Å². The third-order valence-electron chi connectivity index (χ3n) is 4.07. The fourth-order valence-corrected chi connectivity index (χ4v) is 2.71. The van der Waals surface area contributed by atoms with Crippen LogP contribution in [0.3, 0.4) is 0 Å². The van der Waals surface area contributed by atoms with E-state index in [2.05, 4.69) is 6.07 Å². The summed E-state index contributed by atoms with van der Waals surface area (Å²) in [4.78, 5) is 23.2. The van der Waals surface area contributed by atoms with Crippen molar-refractivity contribution in [3.63, 3.8) is 0 Å². The summed E-state index contributed by atoms with van der Waals surface area (Å²) in [6, 6.07) is 23.4. The molecule has 24 heavy (non-hydrogen) atoms. The van der Waals surface area contributed by atoms with Crippen molar-refractivity contribution >= 4 is 11.6 Å². The van der Waals surface area contributed by atoms with Crippen LogP contribution >= 0.6 is 0 Å². The van der Waals surface area contributed by atoms with E-state index in [9.17, 15) is 9.59 Å². The first kappa shape index (κ1) is 15.9. The van der Waals surface area contributed by atoms with Crippen molar-refractivity contribution in [1.29, 1.82) is 0 Å². The van der Waals surface area contributed by atoms with Gasteiger partial charge in [-0.25, -0.2) is 0 Å². The molecule has 0 saturated carbocycles. The van der Waals surface area contributed by atoms with Gasteiger partial charge in [-0.2, -0.15) is 0 Å². The Morgan fingerprint density at radius 2 is 0.875 bits per heavy atom. The van der Waals surface area contributed by atoms with Crippen LogP contribution in [-0.4, -0.2) is 11.6 Å². The van der Waals surface area contributed by atoms with Crippen LogP contribution in [0.15, 0.2) is 72.8 Å². The fraction of sp³-hybridized carbons (Fsp3) is 0.0909. The van der Waals surface area contributed by atoms with Crippen molar-refractivity contribution < 1.29 is 9.59 Å². The summed E-state index contributed by atoms with van der Waals surface area (Å²) in [5, 5.41) is 0. The molecule has 0 saturated heterocycles. The standard InChI is InChI=1S/C22H18O2/c1-15(23)17-6-3-8-19(12-17)21-10-5-11-22(14-21)20-9-4-7-18(13-20)16(2)24/h3-14H,1-2H3. The summed E-state index contributed by atoms with van der Waals surface area (Å²) >= 11 is 0. The molecule has 0 bridgehead atoms. The number of hydrogen-bond donors (Lipinski definition) is 0. The molecule has 0 aliphatic carbocycles. The maximum Gasteiger partial charge on any atom is 0.159 e. The molecule has 3 rings (SSSR count). The lowest BCUT2D eigenvalue weighted by atomic mass is 9.96. The first-order chi connectivity index (χ1) is 11.5. The van der Waals surface area contributed by atoms with Crippen LogP contribution in [0.25, 0.3) is 22.3 Å². The molecule has 3 aromatic rings. The van der Waals surface area contributed by atoms with E-state index in [1.807, 2.05) is 66.7 Å². The van der Waals surface area contributed by atoms with Gasteiger partial charge in [-0.15, -0.1) is 0 Å². The van der Waals surface area contributed by atoms with Gasteiger partial charge >= 0.3 is 0 Å². The van der Waals surface area contributed by atoms with Gasteiger partial charge in [0.2, 0.25) is 0 Å². The monoisotopic (exact) mass is 314 g/mol. The van der Waals surface area contributed by atoms with Crippen molar-refractivity contribution in [3.05, 3.63) is 83.9 Å². The predicted octanol–water partition coefficient (Wildman–Crippen LogP) is 5.43. The van der Waals surface area contributed by atoms with Crippen molar-refractivity contribution in [3.8, 4) is 22.3 Å². The van der Waals surface area contributed by atoms with E-state index >= 15 is 0 Å². The third-order valence-corrected chi connectivity index (χ3v) is 4.07. The number of carbonyl (C=O) groups excluding carboxylic acids is 2. The second kappa shape index (κ2) is 6.63. The van der Waals surface area contributed by atoms with Crippen LogP contribution < -0.4 is 0 Å². The highest BCUT2D eigenvalue weighted by atomic mass is 16.1. The molecule has 0 N–H and O–H groups in total. The van der Waals surface area contributed by atoms with Gasteiger partial charge in [0.05, 0.1) is 0 Å². The fourth-order valence-electron chi connectivity index (χ4n) is 2.71. The van der Waals surface area contributed by atoms with Gasteiger partial charge in [-0.1, -0.05) is 54.6 Å². The number of carbonyl (C=O) groups is 2. The molecule has 0 heterocycles. The Morgan fingerprint density at radius 1 is 0.542 bits per heavy atom. The third kappa shape index (κ3) is 3.33. The first-order valence-electron chi connectivity index (χ1n) is 7.87. The Kier molecular flexibility index (Phi) is 4.39. The van der Waals surface area contributed by atoms with Crippen LogP contribution in [0, 0.1) is 0 Å². The molecule has 118 valence electrons. The number of benzene rings is 3. The molecule has 0 aliphatic heterocycles.